The van der Waals surface area contributed by atoms with Crippen LogP contribution in [0.1, 0.15) is 21.7 Å². The zero-order valence-electron chi connectivity index (χ0n) is 12.3. The maximum absolute atomic E-state index is 12.8. The van der Waals surface area contributed by atoms with Crippen LogP contribution in [0.15, 0.2) is 42.0 Å². The number of hydrogen-bond acceptors (Lipinski definition) is 2. The molecule has 2 aromatic heterocycles. The summed E-state index contributed by atoms with van der Waals surface area (Å²) in [5, 5.41) is 0. The van der Waals surface area contributed by atoms with E-state index in [0.717, 1.165) is 15.7 Å². The second kappa shape index (κ2) is 6.26. The maximum Gasteiger partial charge on any atom is 0.273 e. The normalized spacial score (nSPS) is 10.6. The summed E-state index contributed by atoms with van der Waals surface area (Å²) in [6, 6.07) is 1.99. The van der Waals surface area contributed by atoms with Crippen LogP contribution in [0.25, 0.3) is 5.65 Å². The number of nitrogens with zero attached hydrogens (tertiary/aromatic N) is 3. The van der Waals surface area contributed by atoms with E-state index in [-0.39, 0.29) is 5.91 Å². The van der Waals surface area contributed by atoms with Gasteiger partial charge in [-0.15, -0.1) is 13.2 Å². The maximum atomic E-state index is 12.8. The van der Waals surface area contributed by atoms with Gasteiger partial charge in [0.25, 0.3) is 5.91 Å². The zero-order chi connectivity index (χ0) is 15.6. The van der Waals surface area contributed by atoms with Gasteiger partial charge in [-0.2, -0.15) is 0 Å². The number of amides is 1. The number of carbonyl (C=O) groups excluding carboxylic acids is 1. The van der Waals surface area contributed by atoms with E-state index in [2.05, 4.69) is 34.1 Å². The molecule has 0 saturated heterocycles. The van der Waals surface area contributed by atoms with Gasteiger partial charge >= 0.3 is 0 Å². The Kier molecular flexibility index (Phi) is 4.63. The van der Waals surface area contributed by atoms with Crippen molar-refractivity contribution < 1.29 is 4.79 Å². The standard InChI is InChI=1S/C16H18BrN3O/c1-5-7-19(8-6-2)16(21)14-12(4)18-15-13(17)9-11(3)10-20(14)15/h5-6,9-10H,1-2,7-8H2,3-4H3. The summed E-state index contributed by atoms with van der Waals surface area (Å²) in [5.74, 6) is -0.0719. The Bertz CT molecular complexity index is 708. The molecule has 0 spiro atoms. The fraction of sp³-hybridized carbons (Fsp3) is 0.250. The predicted molar refractivity (Wildman–Crippen MR) is 88.7 cm³/mol. The number of halogens is 1. The molecule has 0 atom stereocenters. The molecule has 1 amide bonds. The third-order valence-corrected chi connectivity index (χ3v) is 3.76. The summed E-state index contributed by atoms with van der Waals surface area (Å²) in [7, 11) is 0. The molecular formula is C16H18BrN3O. The quantitative estimate of drug-likeness (QED) is 0.776. The Morgan fingerprint density at radius 2 is 2.00 bits per heavy atom. The van der Waals surface area contributed by atoms with E-state index in [1.54, 1.807) is 17.1 Å². The number of hydrogen-bond donors (Lipinski definition) is 0. The first kappa shape index (κ1) is 15.5. The van der Waals surface area contributed by atoms with E-state index in [4.69, 9.17) is 0 Å². The lowest BCUT2D eigenvalue weighted by Gasteiger charge is -2.19. The van der Waals surface area contributed by atoms with Gasteiger partial charge in [-0.05, 0) is 41.4 Å². The highest BCUT2D eigenvalue weighted by molar-refractivity contribution is 9.10. The van der Waals surface area contributed by atoms with E-state index in [1.807, 2.05) is 30.5 Å². The van der Waals surface area contributed by atoms with Crippen molar-refractivity contribution >= 4 is 27.5 Å². The van der Waals surface area contributed by atoms with Crippen molar-refractivity contribution in [1.82, 2.24) is 14.3 Å². The van der Waals surface area contributed by atoms with Crippen LogP contribution in [0.4, 0.5) is 0 Å². The number of aromatic nitrogens is 2. The number of aryl methyl sites for hydroxylation is 2. The molecule has 0 N–H and O–H groups in total. The average molecular weight is 348 g/mol. The predicted octanol–water partition coefficient (Wildman–Crippen LogP) is 3.53. The Labute approximate surface area is 132 Å². The van der Waals surface area contributed by atoms with Crippen LogP contribution < -0.4 is 0 Å². The third kappa shape index (κ3) is 2.93. The molecule has 0 aromatic carbocycles. The highest BCUT2D eigenvalue weighted by Crippen LogP contribution is 2.23. The topological polar surface area (TPSA) is 37.6 Å². The monoisotopic (exact) mass is 347 g/mol. The minimum atomic E-state index is -0.0719. The lowest BCUT2D eigenvalue weighted by atomic mass is 10.2. The fourth-order valence-corrected chi connectivity index (χ4v) is 2.95. The molecule has 0 radical (unpaired) electrons. The van der Waals surface area contributed by atoms with Gasteiger partial charge in [-0.1, -0.05) is 12.2 Å². The van der Waals surface area contributed by atoms with Crippen molar-refractivity contribution in [3.63, 3.8) is 0 Å². The molecule has 110 valence electrons. The van der Waals surface area contributed by atoms with E-state index < -0.39 is 0 Å². The molecule has 0 saturated carbocycles. The number of rotatable bonds is 5. The van der Waals surface area contributed by atoms with Crippen LogP contribution in [0.5, 0.6) is 0 Å². The molecule has 21 heavy (non-hydrogen) atoms. The third-order valence-electron chi connectivity index (χ3n) is 3.17. The second-order valence-corrected chi connectivity index (χ2v) is 5.75. The summed E-state index contributed by atoms with van der Waals surface area (Å²) >= 11 is 3.50. The molecule has 0 bridgehead atoms. The van der Waals surface area contributed by atoms with Gasteiger partial charge in [0.15, 0.2) is 5.65 Å². The molecule has 0 aliphatic rings. The molecule has 0 aliphatic carbocycles. The molecule has 0 fully saturated rings. The van der Waals surface area contributed by atoms with Crippen LogP contribution in [-0.2, 0) is 0 Å². The van der Waals surface area contributed by atoms with Gasteiger partial charge in [-0.25, -0.2) is 4.98 Å². The van der Waals surface area contributed by atoms with Gasteiger partial charge in [0.2, 0.25) is 0 Å². The van der Waals surface area contributed by atoms with Crippen molar-refractivity contribution in [3.8, 4) is 0 Å². The highest BCUT2D eigenvalue weighted by atomic mass is 79.9. The first-order valence-electron chi connectivity index (χ1n) is 6.65. The van der Waals surface area contributed by atoms with E-state index in [9.17, 15) is 4.79 Å². The Morgan fingerprint density at radius 3 is 2.57 bits per heavy atom. The molecule has 2 heterocycles. The van der Waals surface area contributed by atoms with Gasteiger partial charge in [0.1, 0.15) is 5.69 Å². The number of pyridine rings is 1. The van der Waals surface area contributed by atoms with Gasteiger partial charge in [-0.3, -0.25) is 9.20 Å². The molecule has 0 unspecified atom stereocenters. The summed E-state index contributed by atoms with van der Waals surface area (Å²) < 4.78 is 2.72. The van der Waals surface area contributed by atoms with Crippen molar-refractivity contribution in [2.24, 2.45) is 0 Å². The summed E-state index contributed by atoms with van der Waals surface area (Å²) in [4.78, 5) is 19.0. The fourth-order valence-electron chi connectivity index (χ4n) is 2.30. The molecule has 4 nitrogen and oxygen atoms in total. The first-order valence-corrected chi connectivity index (χ1v) is 7.44. The van der Waals surface area contributed by atoms with Crippen molar-refractivity contribution in [3.05, 3.63) is 59.0 Å². The molecule has 5 heteroatoms. The summed E-state index contributed by atoms with van der Waals surface area (Å²) in [6.45, 7) is 12.2. The Hall–Kier alpha value is -1.88. The lowest BCUT2D eigenvalue weighted by molar-refractivity contribution is 0.0783. The SMILES string of the molecule is C=CCN(CC=C)C(=O)c1c(C)nc2c(Br)cc(C)cn12. The average Bonchev–Trinajstić information content (AvgIpc) is 2.74. The molecular weight excluding hydrogens is 330 g/mol. The minimum Gasteiger partial charge on any atom is -0.330 e. The summed E-state index contributed by atoms with van der Waals surface area (Å²) in [5.41, 5.74) is 3.10. The Morgan fingerprint density at radius 1 is 1.38 bits per heavy atom. The van der Waals surface area contributed by atoms with Gasteiger partial charge < -0.3 is 4.90 Å². The largest absolute Gasteiger partial charge is 0.330 e. The van der Waals surface area contributed by atoms with Crippen molar-refractivity contribution in [1.29, 1.82) is 0 Å². The van der Waals surface area contributed by atoms with E-state index >= 15 is 0 Å². The van der Waals surface area contributed by atoms with Crippen LogP contribution in [0, 0.1) is 13.8 Å². The van der Waals surface area contributed by atoms with Gasteiger partial charge in [0, 0.05) is 19.3 Å². The van der Waals surface area contributed by atoms with Gasteiger partial charge in [0.05, 0.1) is 10.2 Å². The van der Waals surface area contributed by atoms with Crippen LogP contribution in [0.3, 0.4) is 0 Å². The number of fused-ring (bicyclic) bond motifs is 1. The molecule has 2 rings (SSSR count). The van der Waals surface area contributed by atoms with Crippen LogP contribution in [0.2, 0.25) is 0 Å². The highest BCUT2D eigenvalue weighted by Gasteiger charge is 2.22. The van der Waals surface area contributed by atoms with Crippen LogP contribution >= 0.6 is 15.9 Å². The molecule has 0 aliphatic heterocycles. The summed E-state index contributed by atoms with van der Waals surface area (Å²) in [6.07, 6.45) is 5.34. The molecule has 2 aromatic rings. The zero-order valence-corrected chi connectivity index (χ0v) is 13.9. The number of imidazole rings is 1. The Balaban J connectivity index is 2.59. The van der Waals surface area contributed by atoms with Crippen molar-refractivity contribution in [2.45, 2.75) is 13.8 Å². The van der Waals surface area contributed by atoms with E-state index in [0.29, 0.717) is 24.5 Å². The minimum absolute atomic E-state index is 0.0719. The lowest BCUT2D eigenvalue weighted by Crippen LogP contribution is -2.32. The van der Waals surface area contributed by atoms with Crippen LogP contribution in [-0.4, -0.2) is 33.3 Å². The van der Waals surface area contributed by atoms with Crippen molar-refractivity contribution in [2.75, 3.05) is 13.1 Å². The second-order valence-electron chi connectivity index (χ2n) is 4.89. The number of carbonyl (C=O) groups is 1. The smallest absolute Gasteiger partial charge is 0.273 e. The van der Waals surface area contributed by atoms with E-state index in [1.165, 1.54) is 0 Å². The first-order chi connectivity index (χ1) is 9.99.